The van der Waals surface area contributed by atoms with E-state index in [1.165, 1.54) is 4.57 Å². The Hall–Kier alpha value is -2.86. The molecule has 6 nitrogen and oxygen atoms in total. The molecular weight excluding hydrogens is 318 g/mol. The molecule has 6 heteroatoms. The van der Waals surface area contributed by atoms with Crippen molar-refractivity contribution in [2.45, 2.75) is 0 Å². The van der Waals surface area contributed by atoms with Crippen molar-refractivity contribution < 1.29 is 14.7 Å². The van der Waals surface area contributed by atoms with E-state index in [2.05, 4.69) is 15.9 Å². The fraction of sp³-hybridized carbons (Fsp3) is 0.263. The molecule has 3 aromatic rings. The number of carbonyl (C=O) groups is 2. The molecule has 1 aliphatic rings. The lowest BCUT2D eigenvalue weighted by Gasteiger charge is -2.35. The number of para-hydroxylation sites is 1. The Labute approximate surface area is 144 Å². The number of hydrogen-bond donors (Lipinski definition) is 1. The number of piperazine rings is 1. The van der Waals surface area contributed by atoms with E-state index in [-0.39, 0.29) is 0 Å². The maximum Gasteiger partial charge on any atom is 0.416 e. The lowest BCUT2D eigenvalue weighted by Crippen LogP contribution is -2.46. The summed E-state index contributed by atoms with van der Waals surface area (Å²) < 4.78 is 1.36. The Kier molecular flexibility index (Phi) is 3.89. The SMILES string of the molecule is O=CCN1CCN(c2ccc3c4ccccc4n(C(=O)O)c3c2)CC1. The van der Waals surface area contributed by atoms with Gasteiger partial charge in [-0.2, -0.15) is 0 Å². The Bertz CT molecular complexity index is 955. The zero-order valence-corrected chi connectivity index (χ0v) is 13.8. The third-order valence-electron chi connectivity index (χ3n) is 4.92. The molecule has 0 radical (unpaired) electrons. The van der Waals surface area contributed by atoms with Gasteiger partial charge in [-0.15, -0.1) is 0 Å². The average Bonchev–Trinajstić information content (AvgIpc) is 2.96. The van der Waals surface area contributed by atoms with Gasteiger partial charge in [0.25, 0.3) is 0 Å². The minimum absolute atomic E-state index is 0.472. The van der Waals surface area contributed by atoms with E-state index < -0.39 is 6.09 Å². The van der Waals surface area contributed by atoms with Gasteiger partial charge in [0.05, 0.1) is 17.6 Å². The minimum atomic E-state index is -0.973. The molecule has 1 N–H and O–H groups in total. The molecule has 25 heavy (non-hydrogen) atoms. The van der Waals surface area contributed by atoms with Gasteiger partial charge in [0, 0.05) is 42.6 Å². The average molecular weight is 337 g/mol. The molecule has 2 aromatic carbocycles. The summed E-state index contributed by atoms with van der Waals surface area (Å²) in [5, 5.41) is 11.6. The van der Waals surface area contributed by atoms with E-state index in [1.54, 1.807) is 0 Å². The molecule has 0 saturated carbocycles. The number of hydrogen-bond acceptors (Lipinski definition) is 4. The normalized spacial score (nSPS) is 15.8. The molecule has 0 amide bonds. The third-order valence-corrected chi connectivity index (χ3v) is 4.92. The number of carboxylic acid groups (broad SMARTS) is 1. The number of anilines is 1. The molecule has 0 spiro atoms. The second-order valence-electron chi connectivity index (χ2n) is 6.29. The van der Waals surface area contributed by atoms with Crippen LogP contribution in [0.4, 0.5) is 10.5 Å². The summed E-state index contributed by atoms with van der Waals surface area (Å²) in [6.07, 6.45) is -0.0355. The number of aromatic nitrogens is 1. The van der Waals surface area contributed by atoms with Crippen LogP contribution in [0.25, 0.3) is 21.8 Å². The highest BCUT2D eigenvalue weighted by atomic mass is 16.4. The Balaban J connectivity index is 1.75. The maximum atomic E-state index is 11.8. The molecular formula is C19H19N3O3. The molecule has 1 aliphatic heterocycles. The van der Waals surface area contributed by atoms with E-state index in [1.807, 2.05) is 36.4 Å². The zero-order valence-electron chi connectivity index (χ0n) is 13.8. The molecule has 128 valence electrons. The predicted octanol–water partition coefficient (Wildman–Crippen LogP) is 2.64. The van der Waals surface area contributed by atoms with Gasteiger partial charge in [-0.1, -0.05) is 24.3 Å². The van der Waals surface area contributed by atoms with Gasteiger partial charge in [0.1, 0.15) is 6.29 Å². The Morgan fingerprint density at radius 1 is 1.00 bits per heavy atom. The fourth-order valence-corrected chi connectivity index (χ4v) is 3.66. The summed E-state index contributed by atoms with van der Waals surface area (Å²) in [5.74, 6) is 0. The molecule has 1 aromatic heterocycles. The highest BCUT2D eigenvalue weighted by Gasteiger charge is 2.19. The number of aldehydes is 1. The molecule has 4 rings (SSSR count). The van der Waals surface area contributed by atoms with Crippen LogP contribution in [-0.4, -0.2) is 59.7 Å². The van der Waals surface area contributed by atoms with Crippen molar-refractivity contribution in [3.05, 3.63) is 42.5 Å². The summed E-state index contributed by atoms with van der Waals surface area (Å²) in [7, 11) is 0. The molecule has 1 fully saturated rings. The lowest BCUT2D eigenvalue weighted by molar-refractivity contribution is -0.108. The predicted molar refractivity (Wildman–Crippen MR) is 97.6 cm³/mol. The smallest absolute Gasteiger partial charge is 0.416 e. The number of benzene rings is 2. The first-order valence-electron chi connectivity index (χ1n) is 8.36. The molecule has 0 bridgehead atoms. The van der Waals surface area contributed by atoms with Crippen LogP contribution in [-0.2, 0) is 4.79 Å². The second kappa shape index (κ2) is 6.22. The first-order valence-corrected chi connectivity index (χ1v) is 8.36. The van der Waals surface area contributed by atoms with Crippen LogP contribution >= 0.6 is 0 Å². The van der Waals surface area contributed by atoms with Gasteiger partial charge in [0.15, 0.2) is 0 Å². The Morgan fingerprint density at radius 2 is 1.72 bits per heavy atom. The van der Waals surface area contributed by atoms with E-state index in [4.69, 9.17) is 0 Å². The van der Waals surface area contributed by atoms with E-state index in [0.717, 1.165) is 48.9 Å². The van der Waals surface area contributed by atoms with Crippen LogP contribution in [0, 0.1) is 0 Å². The molecule has 0 unspecified atom stereocenters. The van der Waals surface area contributed by atoms with Crippen LogP contribution in [0.3, 0.4) is 0 Å². The third kappa shape index (κ3) is 2.64. The van der Waals surface area contributed by atoms with Crippen molar-refractivity contribution in [3.8, 4) is 0 Å². The van der Waals surface area contributed by atoms with Gasteiger partial charge in [-0.05, 0) is 18.2 Å². The van der Waals surface area contributed by atoms with Crippen LogP contribution in [0.15, 0.2) is 42.5 Å². The molecule has 1 saturated heterocycles. The fourth-order valence-electron chi connectivity index (χ4n) is 3.66. The summed E-state index contributed by atoms with van der Waals surface area (Å²) in [6.45, 7) is 3.79. The molecule has 0 aliphatic carbocycles. The van der Waals surface area contributed by atoms with Gasteiger partial charge < -0.3 is 14.8 Å². The number of carbonyl (C=O) groups excluding carboxylic acids is 1. The monoisotopic (exact) mass is 337 g/mol. The van der Waals surface area contributed by atoms with Crippen molar-refractivity contribution >= 4 is 39.9 Å². The van der Waals surface area contributed by atoms with E-state index in [0.29, 0.717) is 17.6 Å². The summed E-state index contributed by atoms with van der Waals surface area (Å²) >= 11 is 0. The van der Waals surface area contributed by atoms with E-state index in [9.17, 15) is 14.7 Å². The van der Waals surface area contributed by atoms with Crippen molar-refractivity contribution in [1.82, 2.24) is 9.47 Å². The highest BCUT2D eigenvalue weighted by Crippen LogP contribution is 2.32. The second-order valence-corrected chi connectivity index (χ2v) is 6.29. The zero-order chi connectivity index (χ0) is 17.4. The number of fused-ring (bicyclic) bond motifs is 3. The number of rotatable bonds is 3. The summed E-state index contributed by atoms with van der Waals surface area (Å²) in [5.41, 5.74) is 2.43. The maximum absolute atomic E-state index is 11.8. The van der Waals surface area contributed by atoms with Gasteiger partial charge in [0.2, 0.25) is 0 Å². The van der Waals surface area contributed by atoms with Crippen LogP contribution < -0.4 is 4.90 Å². The summed E-state index contributed by atoms with van der Waals surface area (Å²) in [6, 6.07) is 13.6. The number of nitrogens with zero attached hydrogens (tertiary/aromatic N) is 3. The first kappa shape index (κ1) is 15.7. The van der Waals surface area contributed by atoms with Crippen molar-refractivity contribution in [1.29, 1.82) is 0 Å². The van der Waals surface area contributed by atoms with Gasteiger partial charge in [-0.3, -0.25) is 4.90 Å². The highest BCUT2D eigenvalue weighted by molar-refractivity contribution is 6.12. The summed E-state index contributed by atoms with van der Waals surface area (Å²) in [4.78, 5) is 26.8. The van der Waals surface area contributed by atoms with Crippen LogP contribution in [0.5, 0.6) is 0 Å². The molecule has 0 atom stereocenters. The van der Waals surface area contributed by atoms with Crippen molar-refractivity contribution in [3.63, 3.8) is 0 Å². The largest absolute Gasteiger partial charge is 0.464 e. The quantitative estimate of drug-likeness (QED) is 0.744. The lowest BCUT2D eigenvalue weighted by atomic mass is 10.1. The first-order chi connectivity index (χ1) is 12.2. The van der Waals surface area contributed by atoms with E-state index >= 15 is 0 Å². The van der Waals surface area contributed by atoms with Crippen LogP contribution in [0.2, 0.25) is 0 Å². The van der Waals surface area contributed by atoms with Gasteiger partial charge >= 0.3 is 6.09 Å². The standard InChI is InChI=1S/C19H19N3O3/c23-12-11-20-7-9-21(10-8-20)14-5-6-16-15-3-1-2-4-17(15)22(19(24)25)18(16)13-14/h1-6,12-13H,7-11H2,(H,24,25). The van der Waals surface area contributed by atoms with Crippen molar-refractivity contribution in [2.24, 2.45) is 0 Å². The van der Waals surface area contributed by atoms with Gasteiger partial charge in [-0.25, -0.2) is 9.36 Å². The Morgan fingerprint density at radius 3 is 2.44 bits per heavy atom. The van der Waals surface area contributed by atoms with Crippen molar-refractivity contribution in [2.75, 3.05) is 37.6 Å². The minimum Gasteiger partial charge on any atom is -0.464 e. The topological polar surface area (TPSA) is 65.8 Å². The molecule has 2 heterocycles. The van der Waals surface area contributed by atoms with Crippen LogP contribution in [0.1, 0.15) is 0 Å².